The third-order valence-corrected chi connectivity index (χ3v) is 2.98. The van der Waals surface area contributed by atoms with Crippen molar-refractivity contribution >= 4 is 6.03 Å². The topological polar surface area (TPSA) is 81.1 Å². The molecule has 0 saturated heterocycles. The average Bonchev–Trinajstić information content (AvgIpc) is 2.16. The quantitative estimate of drug-likeness (QED) is 0.600. The van der Waals surface area contributed by atoms with Gasteiger partial charge in [-0.15, -0.1) is 0 Å². The van der Waals surface area contributed by atoms with E-state index in [0.717, 1.165) is 12.8 Å². The van der Waals surface area contributed by atoms with Crippen LogP contribution in [0.3, 0.4) is 0 Å². The van der Waals surface area contributed by atoms with Crippen molar-refractivity contribution < 1.29 is 4.79 Å². The van der Waals surface area contributed by atoms with E-state index < -0.39 is 6.03 Å². The SMILES string of the molecule is NCC1(CNC(N)=O)CCCCC1. The van der Waals surface area contributed by atoms with Gasteiger partial charge in [0.15, 0.2) is 0 Å². The summed E-state index contributed by atoms with van der Waals surface area (Å²) in [6.07, 6.45) is 5.96. The Morgan fingerprint density at radius 2 is 1.92 bits per heavy atom. The van der Waals surface area contributed by atoms with Crippen molar-refractivity contribution in [3.05, 3.63) is 0 Å². The molecule has 0 bridgehead atoms. The van der Waals surface area contributed by atoms with Crippen LogP contribution >= 0.6 is 0 Å². The zero-order valence-corrected chi connectivity index (χ0v) is 8.01. The molecule has 13 heavy (non-hydrogen) atoms. The van der Waals surface area contributed by atoms with Gasteiger partial charge in [-0.3, -0.25) is 0 Å². The molecule has 4 heteroatoms. The van der Waals surface area contributed by atoms with Crippen molar-refractivity contribution in [2.75, 3.05) is 13.1 Å². The lowest BCUT2D eigenvalue weighted by Crippen LogP contribution is -2.45. The molecule has 0 radical (unpaired) electrons. The summed E-state index contributed by atoms with van der Waals surface area (Å²) in [6.45, 7) is 1.28. The van der Waals surface area contributed by atoms with E-state index in [4.69, 9.17) is 11.5 Å². The Balaban J connectivity index is 2.42. The summed E-state index contributed by atoms with van der Waals surface area (Å²) in [4.78, 5) is 10.6. The van der Waals surface area contributed by atoms with Gasteiger partial charge in [-0.05, 0) is 19.4 Å². The molecule has 0 unspecified atom stereocenters. The molecule has 5 N–H and O–H groups in total. The second-order valence-electron chi connectivity index (χ2n) is 3.98. The molecule has 0 aliphatic heterocycles. The summed E-state index contributed by atoms with van der Waals surface area (Å²) in [5.41, 5.74) is 10.9. The molecule has 0 aromatic rings. The Bertz CT molecular complexity index is 176. The van der Waals surface area contributed by atoms with Gasteiger partial charge >= 0.3 is 6.03 Å². The molecule has 1 rings (SSSR count). The molecule has 1 saturated carbocycles. The van der Waals surface area contributed by atoms with Crippen molar-refractivity contribution in [2.45, 2.75) is 32.1 Å². The Labute approximate surface area is 79.0 Å². The monoisotopic (exact) mass is 185 g/mol. The molecule has 1 fully saturated rings. The van der Waals surface area contributed by atoms with Crippen molar-refractivity contribution in [3.8, 4) is 0 Å². The van der Waals surface area contributed by atoms with Crippen molar-refractivity contribution in [2.24, 2.45) is 16.9 Å². The molecule has 0 spiro atoms. The highest BCUT2D eigenvalue weighted by Gasteiger charge is 2.30. The van der Waals surface area contributed by atoms with Crippen LogP contribution in [0.5, 0.6) is 0 Å². The summed E-state index contributed by atoms with van der Waals surface area (Å²) in [5, 5.41) is 2.67. The minimum atomic E-state index is -0.446. The predicted octanol–water partition coefficient (Wildman–Crippen LogP) is 0.564. The molecule has 1 aliphatic rings. The maximum absolute atomic E-state index is 10.6. The summed E-state index contributed by atoms with van der Waals surface area (Å²) >= 11 is 0. The zero-order valence-electron chi connectivity index (χ0n) is 8.01. The number of carbonyl (C=O) groups excluding carboxylic acids is 1. The number of hydrogen-bond acceptors (Lipinski definition) is 2. The van der Waals surface area contributed by atoms with Crippen LogP contribution in [0.2, 0.25) is 0 Å². The Hall–Kier alpha value is -0.770. The molecular weight excluding hydrogens is 166 g/mol. The van der Waals surface area contributed by atoms with Gasteiger partial charge in [0.05, 0.1) is 0 Å². The first-order chi connectivity index (χ1) is 6.18. The minimum Gasteiger partial charge on any atom is -0.352 e. The van der Waals surface area contributed by atoms with E-state index in [0.29, 0.717) is 13.1 Å². The van der Waals surface area contributed by atoms with E-state index in [-0.39, 0.29) is 5.41 Å². The lowest BCUT2D eigenvalue weighted by Gasteiger charge is -2.36. The van der Waals surface area contributed by atoms with Crippen LogP contribution in [0.4, 0.5) is 4.79 Å². The Kier molecular flexibility index (Phi) is 3.54. The first kappa shape index (κ1) is 10.3. The molecule has 4 nitrogen and oxygen atoms in total. The standard InChI is InChI=1S/C9H19N3O/c10-6-9(7-12-8(11)13)4-2-1-3-5-9/h1-7,10H2,(H3,11,12,13). The minimum absolute atomic E-state index is 0.118. The van der Waals surface area contributed by atoms with E-state index in [9.17, 15) is 4.79 Å². The summed E-state index contributed by atoms with van der Waals surface area (Å²) in [6, 6.07) is -0.446. The van der Waals surface area contributed by atoms with Gasteiger partial charge in [-0.1, -0.05) is 19.3 Å². The molecular formula is C9H19N3O. The number of nitrogens with two attached hydrogens (primary N) is 2. The first-order valence-corrected chi connectivity index (χ1v) is 4.92. The number of hydrogen-bond donors (Lipinski definition) is 3. The fourth-order valence-corrected chi connectivity index (χ4v) is 2.03. The molecule has 2 amide bonds. The lowest BCUT2D eigenvalue weighted by atomic mass is 9.74. The van der Waals surface area contributed by atoms with Gasteiger partial charge in [-0.25, -0.2) is 4.79 Å². The lowest BCUT2D eigenvalue weighted by molar-refractivity contribution is 0.189. The first-order valence-electron chi connectivity index (χ1n) is 4.92. The van der Waals surface area contributed by atoms with E-state index >= 15 is 0 Å². The van der Waals surface area contributed by atoms with Gasteiger partial charge < -0.3 is 16.8 Å². The highest BCUT2D eigenvalue weighted by atomic mass is 16.2. The van der Waals surface area contributed by atoms with Crippen LogP contribution in [0.25, 0.3) is 0 Å². The van der Waals surface area contributed by atoms with Gasteiger partial charge in [0.25, 0.3) is 0 Å². The second-order valence-corrected chi connectivity index (χ2v) is 3.98. The van der Waals surface area contributed by atoms with Crippen molar-refractivity contribution in [1.82, 2.24) is 5.32 Å². The fourth-order valence-electron chi connectivity index (χ4n) is 2.03. The molecule has 76 valence electrons. The third-order valence-electron chi connectivity index (χ3n) is 2.98. The summed E-state index contributed by atoms with van der Waals surface area (Å²) in [5.74, 6) is 0. The largest absolute Gasteiger partial charge is 0.352 e. The van der Waals surface area contributed by atoms with Crippen molar-refractivity contribution in [1.29, 1.82) is 0 Å². The van der Waals surface area contributed by atoms with Gasteiger partial charge in [0.1, 0.15) is 0 Å². The van der Waals surface area contributed by atoms with E-state index in [1.807, 2.05) is 0 Å². The molecule has 0 aromatic carbocycles. The van der Waals surface area contributed by atoms with E-state index in [1.165, 1.54) is 19.3 Å². The molecule has 0 atom stereocenters. The second kappa shape index (κ2) is 4.46. The highest BCUT2D eigenvalue weighted by molar-refractivity contribution is 5.71. The number of urea groups is 1. The highest BCUT2D eigenvalue weighted by Crippen LogP contribution is 2.34. The number of primary amides is 1. The van der Waals surface area contributed by atoms with Crippen LogP contribution in [0.1, 0.15) is 32.1 Å². The van der Waals surface area contributed by atoms with Crippen LogP contribution in [-0.4, -0.2) is 19.1 Å². The average molecular weight is 185 g/mol. The van der Waals surface area contributed by atoms with Crippen LogP contribution in [0.15, 0.2) is 0 Å². The van der Waals surface area contributed by atoms with Gasteiger partial charge in [0, 0.05) is 12.0 Å². The van der Waals surface area contributed by atoms with E-state index in [2.05, 4.69) is 5.32 Å². The predicted molar refractivity (Wildman–Crippen MR) is 52.2 cm³/mol. The van der Waals surface area contributed by atoms with Crippen LogP contribution in [0, 0.1) is 5.41 Å². The number of amides is 2. The number of rotatable bonds is 3. The third kappa shape index (κ3) is 2.88. The van der Waals surface area contributed by atoms with Gasteiger partial charge in [0.2, 0.25) is 0 Å². The Morgan fingerprint density at radius 3 is 2.38 bits per heavy atom. The summed E-state index contributed by atoms with van der Waals surface area (Å²) in [7, 11) is 0. The maximum Gasteiger partial charge on any atom is 0.312 e. The zero-order chi connectivity index (χ0) is 9.73. The van der Waals surface area contributed by atoms with Crippen LogP contribution in [-0.2, 0) is 0 Å². The van der Waals surface area contributed by atoms with Gasteiger partial charge in [-0.2, -0.15) is 0 Å². The molecule has 0 aromatic heterocycles. The maximum atomic E-state index is 10.6. The number of nitrogens with one attached hydrogen (secondary N) is 1. The number of carbonyl (C=O) groups is 1. The molecule has 0 heterocycles. The van der Waals surface area contributed by atoms with Crippen molar-refractivity contribution in [3.63, 3.8) is 0 Å². The molecule has 1 aliphatic carbocycles. The Morgan fingerprint density at radius 1 is 1.31 bits per heavy atom. The van der Waals surface area contributed by atoms with E-state index in [1.54, 1.807) is 0 Å². The van der Waals surface area contributed by atoms with Crippen LogP contribution < -0.4 is 16.8 Å². The fraction of sp³-hybridized carbons (Fsp3) is 0.889. The smallest absolute Gasteiger partial charge is 0.312 e. The summed E-state index contributed by atoms with van der Waals surface area (Å²) < 4.78 is 0. The normalized spacial score (nSPS) is 21.0.